The van der Waals surface area contributed by atoms with Crippen LogP contribution in [0, 0.1) is 0 Å². The normalized spacial score (nSPS) is 10.2. The lowest BCUT2D eigenvalue weighted by molar-refractivity contribution is -0.133. The summed E-state index contributed by atoms with van der Waals surface area (Å²) in [6.07, 6.45) is 0. The van der Waals surface area contributed by atoms with Crippen molar-refractivity contribution in [2.24, 2.45) is 0 Å². The molecule has 0 atom stereocenters. The number of aliphatic hydroxyl groups excluding tert-OH is 1. The highest BCUT2D eigenvalue weighted by Crippen LogP contribution is 2.16. The number of ether oxygens (including phenoxy) is 1. The lowest BCUT2D eigenvalue weighted by Gasteiger charge is -2.17. The fraction of sp³-hybridized carbons (Fsp3) is 0.294. The first-order valence-corrected chi connectivity index (χ1v) is 8.42. The first-order chi connectivity index (χ1) is 11.6. The number of benzene rings is 1. The van der Waals surface area contributed by atoms with E-state index in [9.17, 15) is 9.59 Å². The summed E-state index contributed by atoms with van der Waals surface area (Å²) >= 11 is 1.57. The van der Waals surface area contributed by atoms with Gasteiger partial charge in [-0.25, -0.2) is 4.79 Å². The standard InChI is InChI=1S/C17H20N2O4S/c1-19(10-13-6-9-24-12-13)16(21)11-23-17(22)14-4-2-3-5-15(14)18-7-8-20/h2-6,9,12,18,20H,7-8,10-11H2,1H3. The Hall–Kier alpha value is -2.38. The number of likely N-dealkylation sites (N-methyl/N-ethyl adjacent to an activating group) is 1. The van der Waals surface area contributed by atoms with E-state index in [1.165, 1.54) is 4.90 Å². The van der Waals surface area contributed by atoms with Gasteiger partial charge in [0.05, 0.1) is 12.2 Å². The molecule has 2 aromatic rings. The van der Waals surface area contributed by atoms with Crippen molar-refractivity contribution in [2.75, 3.05) is 32.1 Å². The minimum Gasteiger partial charge on any atom is -0.452 e. The van der Waals surface area contributed by atoms with E-state index in [1.807, 2.05) is 16.8 Å². The van der Waals surface area contributed by atoms with Gasteiger partial charge < -0.3 is 20.1 Å². The molecule has 6 nitrogen and oxygen atoms in total. The molecular formula is C17H20N2O4S. The van der Waals surface area contributed by atoms with Crippen molar-refractivity contribution in [1.29, 1.82) is 0 Å². The topological polar surface area (TPSA) is 78.9 Å². The molecule has 24 heavy (non-hydrogen) atoms. The van der Waals surface area contributed by atoms with E-state index in [0.717, 1.165) is 5.56 Å². The van der Waals surface area contributed by atoms with Gasteiger partial charge in [-0.3, -0.25) is 4.79 Å². The minimum atomic E-state index is -0.576. The maximum Gasteiger partial charge on any atom is 0.340 e. The van der Waals surface area contributed by atoms with Crippen LogP contribution in [0.25, 0.3) is 0 Å². The van der Waals surface area contributed by atoms with E-state index >= 15 is 0 Å². The number of hydrogen-bond donors (Lipinski definition) is 2. The number of para-hydroxylation sites is 1. The molecule has 1 heterocycles. The van der Waals surface area contributed by atoms with E-state index in [0.29, 0.717) is 24.3 Å². The van der Waals surface area contributed by atoms with Crippen LogP contribution in [0.5, 0.6) is 0 Å². The van der Waals surface area contributed by atoms with E-state index in [4.69, 9.17) is 9.84 Å². The van der Waals surface area contributed by atoms with Gasteiger partial charge in [-0.2, -0.15) is 11.3 Å². The van der Waals surface area contributed by atoms with E-state index < -0.39 is 5.97 Å². The number of thiophene rings is 1. The van der Waals surface area contributed by atoms with Crippen LogP contribution in [0.15, 0.2) is 41.1 Å². The fourth-order valence-corrected chi connectivity index (χ4v) is 2.73. The number of amides is 1. The van der Waals surface area contributed by atoms with Crippen LogP contribution in [0.4, 0.5) is 5.69 Å². The summed E-state index contributed by atoms with van der Waals surface area (Å²) in [5, 5.41) is 15.7. The molecule has 1 aromatic carbocycles. The van der Waals surface area contributed by atoms with Crippen molar-refractivity contribution >= 4 is 28.9 Å². The molecule has 7 heteroatoms. The molecule has 0 unspecified atom stereocenters. The molecule has 128 valence electrons. The van der Waals surface area contributed by atoms with Crippen LogP contribution in [-0.2, 0) is 16.1 Å². The monoisotopic (exact) mass is 348 g/mol. The van der Waals surface area contributed by atoms with Gasteiger partial charge in [-0.1, -0.05) is 12.1 Å². The Morgan fingerprint density at radius 3 is 2.79 bits per heavy atom. The van der Waals surface area contributed by atoms with Gasteiger partial charge in [0, 0.05) is 25.8 Å². The van der Waals surface area contributed by atoms with Gasteiger partial charge >= 0.3 is 5.97 Å². The Labute approximate surface area is 144 Å². The van der Waals surface area contributed by atoms with Crippen LogP contribution >= 0.6 is 11.3 Å². The van der Waals surface area contributed by atoms with Crippen LogP contribution in [0.3, 0.4) is 0 Å². The number of aliphatic hydroxyl groups is 1. The molecule has 0 bridgehead atoms. The van der Waals surface area contributed by atoms with Crippen LogP contribution < -0.4 is 5.32 Å². The molecule has 0 fully saturated rings. The number of rotatable bonds is 8. The summed E-state index contributed by atoms with van der Waals surface area (Å²) in [4.78, 5) is 25.8. The average molecular weight is 348 g/mol. The van der Waals surface area contributed by atoms with Gasteiger partial charge in [0.25, 0.3) is 5.91 Å². The zero-order valence-electron chi connectivity index (χ0n) is 13.4. The molecule has 2 N–H and O–H groups in total. The number of carbonyl (C=O) groups excluding carboxylic acids is 2. The van der Waals surface area contributed by atoms with Crippen molar-refractivity contribution in [2.45, 2.75) is 6.54 Å². The van der Waals surface area contributed by atoms with Crippen LogP contribution in [0.1, 0.15) is 15.9 Å². The smallest absolute Gasteiger partial charge is 0.340 e. The number of carbonyl (C=O) groups is 2. The van der Waals surface area contributed by atoms with Crippen LogP contribution in [0.2, 0.25) is 0 Å². The number of esters is 1. The Kier molecular flexibility index (Phi) is 6.77. The third-order valence-corrected chi connectivity index (χ3v) is 4.06. The number of nitrogens with zero attached hydrogens (tertiary/aromatic N) is 1. The molecule has 0 aliphatic heterocycles. The first-order valence-electron chi connectivity index (χ1n) is 7.47. The van der Waals surface area contributed by atoms with Gasteiger partial charge in [0.1, 0.15) is 0 Å². The highest BCUT2D eigenvalue weighted by Gasteiger charge is 2.16. The van der Waals surface area contributed by atoms with Crippen molar-refractivity contribution in [1.82, 2.24) is 4.90 Å². The predicted octanol–water partition coefficient (Wildman–Crippen LogP) is 1.97. The second-order valence-corrected chi connectivity index (χ2v) is 5.93. The van der Waals surface area contributed by atoms with Gasteiger partial charge in [0.2, 0.25) is 0 Å². The lowest BCUT2D eigenvalue weighted by atomic mass is 10.2. The molecular weight excluding hydrogens is 328 g/mol. The highest BCUT2D eigenvalue weighted by atomic mass is 32.1. The summed E-state index contributed by atoms with van der Waals surface area (Å²) < 4.78 is 5.12. The van der Waals surface area contributed by atoms with Gasteiger partial charge in [0.15, 0.2) is 6.61 Å². The van der Waals surface area contributed by atoms with E-state index in [2.05, 4.69) is 5.32 Å². The molecule has 0 aliphatic carbocycles. The van der Waals surface area contributed by atoms with E-state index in [1.54, 1.807) is 42.6 Å². The summed E-state index contributed by atoms with van der Waals surface area (Å²) in [5.74, 6) is -0.844. The molecule has 0 saturated carbocycles. The van der Waals surface area contributed by atoms with Gasteiger partial charge in [-0.05, 0) is 34.5 Å². The molecule has 0 aliphatic rings. The fourth-order valence-electron chi connectivity index (χ4n) is 2.07. The van der Waals surface area contributed by atoms with Crippen molar-refractivity contribution in [3.8, 4) is 0 Å². The minimum absolute atomic E-state index is 0.0464. The third kappa shape index (κ3) is 5.07. The average Bonchev–Trinajstić information content (AvgIpc) is 3.10. The van der Waals surface area contributed by atoms with Crippen LogP contribution in [-0.4, -0.2) is 48.7 Å². The molecule has 0 radical (unpaired) electrons. The SMILES string of the molecule is CN(Cc1ccsc1)C(=O)COC(=O)c1ccccc1NCCO. The van der Waals surface area contributed by atoms with Gasteiger partial charge in [-0.15, -0.1) is 0 Å². The number of nitrogens with one attached hydrogen (secondary N) is 1. The quantitative estimate of drug-likeness (QED) is 0.713. The molecule has 2 rings (SSSR count). The Morgan fingerprint density at radius 2 is 2.08 bits per heavy atom. The maximum atomic E-state index is 12.2. The Morgan fingerprint density at radius 1 is 1.29 bits per heavy atom. The second kappa shape index (κ2) is 9.05. The largest absolute Gasteiger partial charge is 0.452 e. The zero-order valence-corrected chi connectivity index (χ0v) is 14.2. The van der Waals surface area contributed by atoms with Crippen molar-refractivity contribution in [3.63, 3.8) is 0 Å². The Balaban J connectivity index is 1.89. The van der Waals surface area contributed by atoms with Crippen molar-refractivity contribution in [3.05, 3.63) is 52.2 Å². The molecule has 1 aromatic heterocycles. The third-order valence-electron chi connectivity index (χ3n) is 3.33. The summed E-state index contributed by atoms with van der Waals surface area (Å²) in [7, 11) is 1.67. The van der Waals surface area contributed by atoms with Crippen molar-refractivity contribution < 1.29 is 19.4 Å². The Bertz CT molecular complexity index is 673. The molecule has 1 amide bonds. The summed E-state index contributed by atoms with van der Waals surface area (Å²) in [6.45, 7) is 0.449. The summed E-state index contributed by atoms with van der Waals surface area (Å²) in [5.41, 5.74) is 1.94. The summed E-state index contributed by atoms with van der Waals surface area (Å²) in [6, 6.07) is 8.77. The highest BCUT2D eigenvalue weighted by molar-refractivity contribution is 7.07. The maximum absolute atomic E-state index is 12.2. The molecule has 0 spiro atoms. The predicted molar refractivity (Wildman–Crippen MR) is 93.1 cm³/mol. The van der Waals surface area contributed by atoms with E-state index in [-0.39, 0.29) is 19.1 Å². The number of anilines is 1. The zero-order chi connectivity index (χ0) is 17.4. The second-order valence-electron chi connectivity index (χ2n) is 5.15. The first kappa shape index (κ1) is 18.0. The lowest BCUT2D eigenvalue weighted by Crippen LogP contribution is -2.30. The molecule has 0 saturated heterocycles. The number of hydrogen-bond acceptors (Lipinski definition) is 6.